The van der Waals surface area contributed by atoms with Crippen LogP contribution < -0.4 is 0 Å². The van der Waals surface area contributed by atoms with E-state index in [2.05, 4.69) is 11.7 Å². The Morgan fingerprint density at radius 1 is 1.92 bits per heavy atom. The van der Waals surface area contributed by atoms with Gasteiger partial charge in [0.2, 0.25) is 0 Å². The number of fused-ring (bicyclic) bond motifs is 1. The zero-order valence-electron chi connectivity index (χ0n) is 6.93. The topological polar surface area (TPSA) is 62.2 Å². The van der Waals surface area contributed by atoms with E-state index < -0.39 is 11.6 Å². The third-order valence-corrected chi connectivity index (χ3v) is 2.28. The van der Waals surface area contributed by atoms with Gasteiger partial charge in [-0.05, 0) is 18.9 Å². The van der Waals surface area contributed by atoms with E-state index in [0.717, 1.165) is 11.8 Å². The molecule has 0 spiro atoms. The Labute approximate surface area is 75.2 Å². The number of aliphatic imine (C=N–C) groups is 1. The van der Waals surface area contributed by atoms with Crippen LogP contribution in [-0.4, -0.2) is 29.5 Å². The first-order valence-electron chi connectivity index (χ1n) is 3.94. The van der Waals surface area contributed by atoms with Crippen LogP contribution in [0.3, 0.4) is 0 Å². The second-order valence-electron chi connectivity index (χ2n) is 3.16. The number of nitrogens with zero attached hydrogens (tertiary/aromatic N) is 1. The number of hydrogen-bond acceptors (Lipinski definition) is 3. The summed E-state index contributed by atoms with van der Waals surface area (Å²) in [5.74, 6) is -0.955. The van der Waals surface area contributed by atoms with Gasteiger partial charge in [-0.25, -0.2) is 4.79 Å². The third-order valence-electron chi connectivity index (χ3n) is 2.28. The van der Waals surface area contributed by atoms with Crippen LogP contribution in [0.2, 0.25) is 0 Å². The van der Waals surface area contributed by atoms with Crippen LogP contribution in [0.15, 0.2) is 28.9 Å². The van der Waals surface area contributed by atoms with Crippen LogP contribution >= 0.6 is 0 Å². The lowest BCUT2D eigenvalue weighted by Gasteiger charge is -2.01. The number of carboxylic acids is 1. The number of hydrogen-bond donors (Lipinski definition) is 1. The molecule has 4 heteroatoms. The molecule has 1 aliphatic carbocycles. The Morgan fingerprint density at radius 3 is 3.23 bits per heavy atom. The molecule has 1 saturated heterocycles. The second-order valence-corrected chi connectivity index (χ2v) is 3.16. The van der Waals surface area contributed by atoms with Gasteiger partial charge in [0.05, 0.1) is 0 Å². The molecule has 0 bridgehead atoms. The number of ether oxygens (including phenoxy) is 1. The number of rotatable bonds is 3. The highest BCUT2D eigenvalue weighted by molar-refractivity contribution is 5.80. The highest BCUT2D eigenvalue weighted by atomic mass is 16.6. The number of carbonyl (C=O) groups is 1. The molecular formula is C9H9NO3. The van der Waals surface area contributed by atoms with E-state index in [1.165, 1.54) is 0 Å². The molecule has 1 heterocycles. The average Bonchev–Trinajstić information content (AvgIpc) is 2.66. The Bertz CT molecular complexity index is 332. The molecule has 2 aliphatic rings. The number of carboxylic acid groups (broad SMARTS) is 1. The largest absolute Gasteiger partial charge is 0.478 e. The van der Waals surface area contributed by atoms with Crippen LogP contribution in [0.1, 0.15) is 6.42 Å². The van der Waals surface area contributed by atoms with Crippen molar-refractivity contribution in [3.05, 3.63) is 23.9 Å². The normalized spacial score (nSPS) is 35.7. The highest BCUT2D eigenvalue weighted by Gasteiger charge is 2.57. The van der Waals surface area contributed by atoms with Gasteiger partial charge in [-0.1, -0.05) is 0 Å². The smallest absolute Gasteiger partial charge is 0.328 e. The zero-order chi connectivity index (χ0) is 9.47. The van der Waals surface area contributed by atoms with Crippen LogP contribution in [0, 0.1) is 0 Å². The van der Waals surface area contributed by atoms with E-state index >= 15 is 0 Å². The molecule has 0 aromatic rings. The lowest BCUT2D eigenvalue weighted by molar-refractivity contribution is -0.131. The van der Waals surface area contributed by atoms with Crippen LogP contribution in [0.25, 0.3) is 0 Å². The summed E-state index contributed by atoms with van der Waals surface area (Å²) < 4.78 is 5.31. The van der Waals surface area contributed by atoms with Crippen molar-refractivity contribution in [2.75, 3.05) is 0 Å². The number of epoxide rings is 1. The minimum absolute atomic E-state index is 0.00333. The molecule has 68 valence electrons. The van der Waals surface area contributed by atoms with Gasteiger partial charge in [-0.3, -0.25) is 4.99 Å². The predicted molar refractivity (Wildman–Crippen MR) is 46.6 cm³/mol. The summed E-state index contributed by atoms with van der Waals surface area (Å²) in [7, 11) is 0. The summed E-state index contributed by atoms with van der Waals surface area (Å²) in [5, 5.41) is 8.43. The van der Waals surface area contributed by atoms with Gasteiger partial charge in [0, 0.05) is 18.2 Å². The first kappa shape index (κ1) is 8.19. The second kappa shape index (κ2) is 2.53. The maximum atomic E-state index is 10.3. The zero-order valence-corrected chi connectivity index (χ0v) is 6.93. The van der Waals surface area contributed by atoms with Gasteiger partial charge in [-0.2, -0.15) is 0 Å². The third kappa shape index (κ3) is 1.29. The molecule has 2 unspecified atom stereocenters. The minimum atomic E-state index is -0.955. The Morgan fingerprint density at radius 2 is 2.69 bits per heavy atom. The maximum absolute atomic E-state index is 10.3. The van der Waals surface area contributed by atoms with E-state index in [1.807, 2.05) is 6.08 Å². The van der Waals surface area contributed by atoms with E-state index in [9.17, 15) is 4.79 Å². The SMILES string of the molecule is C=NC1=CC2OC2(/C=C/C(=O)O)C1. The van der Waals surface area contributed by atoms with Crippen molar-refractivity contribution in [1.82, 2.24) is 0 Å². The summed E-state index contributed by atoms with van der Waals surface area (Å²) in [6.07, 6.45) is 5.20. The highest BCUT2D eigenvalue weighted by Crippen LogP contribution is 2.49. The first-order chi connectivity index (χ1) is 6.16. The molecule has 2 atom stereocenters. The Kier molecular flexibility index (Phi) is 1.60. The summed E-state index contributed by atoms with van der Waals surface area (Å²) in [5.41, 5.74) is 0.459. The van der Waals surface area contributed by atoms with Gasteiger partial charge in [0.15, 0.2) is 0 Å². The summed E-state index contributed by atoms with van der Waals surface area (Å²) in [6.45, 7) is 3.41. The fourth-order valence-corrected chi connectivity index (χ4v) is 1.55. The van der Waals surface area contributed by atoms with Crippen LogP contribution in [-0.2, 0) is 9.53 Å². The number of aliphatic carboxylic acids is 1. The van der Waals surface area contributed by atoms with Gasteiger partial charge in [-0.15, -0.1) is 0 Å². The molecular weight excluding hydrogens is 170 g/mol. The first-order valence-corrected chi connectivity index (χ1v) is 3.94. The average molecular weight is 179 g/mol. The van der Waals surface area contributed by atoms with E-state index in [-0.39, 0.29) is 6.10 Å². The molecule has 0 amide bonds. The molecule has 0 saturated carbocycles. The molecule has 1 N–H and O–H groups in total. The quantitative estimate of drug-likeness (QED) is 0.395. The van der Waals surface area contributed by atoms with E-state index in [4.69, 9.17) is 9.84 Å². The Balaban J connectivity index is 2.06. The molecule has 0 aromatic carbocycles. The van der Waals surface area contributed by atoms with Crippen molar-refractivity contribution in [1.29, 1.82) is 0 Å². The van der Waals surface area contributed by atoms with Gasteiger partial charge < -0.3 is 9.84 Å². The minimum Gasteiger partial charge on any atom is -0.478 e. The van der Waals surface area contributed by atoms with Crippen molar-refractivity contribution in [2.24, 2.45) is 4.99 Å². The van der Waals surface area contributed by atoms with E-state index in [1.54, 1.807) is 6.08 Å². The summed E-state index contributed by atoms with van der Waals surface area (Å²) in [6, 6.07) is 0. The van der Waals surface area contributed by atoms with Crippen molar-refractivity contribution in [3.8, 4) is 0 Å². The van der Waals surface area contributed by atoms with E-state index in [0.29, 0.717) is 6.42 Å². The van der Waals surface area contributed by atoms with Gasteiger partial charge in [0.1, 0.15) is 11.7 Å². The van der Waals surface area contributed by atoms with Crippen molar-refractivity contribution in [3.63, 3.8) is 0 Å². The monoisotopic (exact) mass is 179 g/mol. The van der Waals surface area contributed by atoms with Crippen molar-refractivity contribution >= 4 is 12.7 Å². The summed E-state index contributed by atoms with van der Waals surface area (Å²) in [4.78, 5) is 14.1. The lowest BCUT2D eigenvalue weighted by Crippen LogP contribution is -2.07. The lowest BCUT2D eigenvalue weighted by atomic mass is 10.1. The molecule has 13 heavy (non-hydrogen) atoms. The van der Waals surface area contributed by atoms with Gasteiger partial charge >= 0.3 is 5.97 Å². The maximum Gasteiger partial charge on any atom is 0.328 e. The summed E-state index contributed by atoms with van der Waals surface area (Å²) >= 11 is 0. The molecule has 0 aromatic heterocycles. The van der Waals surface area contributed by atoms with Crippen molar-refractivity contribution in [2.45, 2.75) is 18.1 Å². The molecule has 1 aliphatic heterocycles. The molecule has 1 fully saturated rings. The molecule has 2 rings (SSSR count). The Hall–Kier alpha value is -1.42. The van der Waals surface area contributed by atoms with Gasteiger partial charge in [0.25, 0.3) is 0 Å². The molecule has 4 nitrogen and oxygen atoms in total. The van der Waals surface area contributed by atoms with Crippen molar-refractivity contribution < 1.29 is 14.6 Å². The van der Waals surface area contributed by atoms with Crippen LogP contribution in [0.5, 0.6) is 0 Å². The molecule has 0 radical (unpaired) electrons. The predicted octanol–water partition coefficient (Wildman–Crippen LogP) is 0.753. The fourth-order valence-electron chi connectivity index (χ4n) is 1.55. The fraction of sp³-hybridized carbons (Fsp3) is 0.333. The van der Waals surface area contributed by atoms with Crippen LogP contribution in [0.4, 0.5) is 0 Å². The standard InChI is InChI=1S/C9H9NO3/c1-10-6-4-7-9(5-6,13-7)3-2-8(11)12/h2-4,7H,1,5H2,(H,11,12)/b3-2+.